The van der Waals surface area contributed by atoms with E-state index in [-0.39, 0.29) is 6.61 Å². The number of hydrogen-bond donors (Lipinski definition) is 2. The number of pyridine rings is 1. The van der Waals surface area contributed by atoms with Gasteiger partial charge in [0.15, 0.2) is 5.82 Å². The van der Waals surface area contributed by atoms with Crippen LogP contribution in [0.15, 0.2) is 89.8 Å². The molecule has 0 bridgehead atoms. The number of rotatable bonds is 15. The Bertz CT molecular complexity index is 2100. The minimum Gasteiger partial charge on any atom is -0.444 e. The fourth-order valence-corrected chi connectivity index (χ4v) is 7.54. The molecule has 0 atom stereocenters. The maximum Gasteiger partial charge on any atom is 0.413 e. The molecule has 1 aliphatic carbocycles. The third-order valence-electron chi connectivity index (χ3n) is 9.48. The van der Waals surface area contributed by atoms with E-state index < -0.39 is 6.09 Å². The Morgan fingerprint density at radius 1 is 0.920 bits per heavy atom. The van der Waals surface area contributed by atoms with Crippen LogP contribution in [0.5, 0.6) is 0 Å². The number of amides is 1. The van der Waals surface area contributed by atoms with E-state index in [1.165, 1.54) is 46.1 Å². The van der Waals surface area contributed by atoms with E-state index in [1.54, 1.807) is 0 Å². The molecule has 4 aromatic carbocycles. The summed E-state index contributed by atoms with van der Waals surface area (Å²) in [5.74, 6) is 2.34. The van der Waals surface area contributed by atoms with Crippen molar-refractivity contribution in [2.24, 2.45) is 5.92 Å². The number of fused-ring (bicyclic) bond motifs is 4. The number of ether oxygens (including phenoxy) is 1. The maximum atomic E-state index is 13.2. The van der Waals surface area contributed by atoms with Crippen molar-refractivity contribution in [3.63, 3.8) is 0 Å². The van der Waals surface area contributed by atoms with Gasteiger partial charge < -0.3 is 14.6 Å². The van der Waals surface area contributed by atoms with Crippen molar-refractivity contribution in [1.29, 1.82) is 0 Å². The number of thioether (sulfide) groups is 1. The molecular formula is C42H47N5O2S. The number of para-hydroxylation sites is 1. The summed E-state index contributed by atoms with van der Waals surface area (Å²) in [6, 6.07) is 29.6. The third-order valence-corrected chi connectivity index (χ3v) is 10.5. The van der Waals surface area contributed by atoms with Gasteiger partial charge in [0, 0.05) is 35.0 Å². The molecule has 7 nitrogen and oxygen atoms in total. The number of carbonyl (C=O) groups excluding carboxylic acids is 1. The van der Waals surface area contributed by atoms with Crippen molar-refractivity contribution < 1.29 is 9.53 Å². The lowest BCUT2D eigenvalue weighted by Gasteiger charge is -2.16. The number of nitrogens with one attached hydrogen (secondary N) is 2. The average Bonchev–Trinajstić information content (AvgIpc) is 3.89. The SMILES string of the molecule is CCCCc1nc2c(NC(=O)OCc3ccc(SC(C)C)cc3)nc3ccccc3c2n1Cc1ccc(CNCCC2CC2)c2ccccc12. The second-order valence-electron chi connectivity index (χ2n) is 13.7. The molecule has 0 unspecified atom stereocenters. The molecule has 2 heterocycles. The Balaban J connectivity index is 1.20. The van der Waals surface area contributed by atoms with Crippen LogP contribution in [0.25, 0.3) is 32.7 Å². The standard InChI is InChI=1S/C42H47N5O2S/c1-4-5-14-38-45-39-40(47(38)26-32-20-19-31(25-43-24-23-29-15-16-29)34-10-6-7-11-35(32)34)36-12-8-9-13-37(36)44-41(39)46-42(48)49-27-30-17-21-33(22-18-30)50-28(2)3/h6-13,17-22,28-29,43H,4-5,14-16,23-27H2,1-3H3,(H,44,46,48). The minimum atomic E-state index is -0.549. The Hall–Kier alpha value is -4.40. The highest BCUT2D eigenvalue weighted by atomic mass is 32.2. The summed E-state index contributed by atoms with van der Waals surface area (Å²) in [5.41, 5.74) is 5.96. The van der Waals surface area contributed by atoms with Gasteiger partial charge in [-0.3, -0.25) is 5.32 Å². The Labute approximate surface area is 299 Å². The second-order valence-corrected chi connectivity index (χ2v) is 15.4. The van der Waals surface area contributed by atoms with Crippen molar-refractivity contribution in [2.75, 3.05) is 11.9 Å². The van der Waals surface area contributed by atoms with E-state index in [2.05, 4.69) is 90.6 Å². The summed E-state index contributed by atoms with van der Waals surface area (Å²) in [4.78, 5) is 24.5. The number of nitrogens with zero attached hydrogens (tertiary/aromatic N) is 3. The molecule has 8 heteroatoms. The van der Waals surface area contributed by atoms with Crippen molar-refractivity contribution in [2.45, 2.75) is 89.1 Å². The van der Waals surface area contributed by atoms with E-state index in [0.717, 1.165) is 66.1 Å². The molecule has 7 rings (SSSR count). The van der Waals surface area contributed by atoms with E-state index in [1.807, 2.05) is 42.1 Å². The van der Waals surface area contributed by atoms with E-state index in [0.29, 0.717) is 23.1 Å². The van der Waals surface area contributed by atoms with Crippen LogP contribution < -0.4 is 10.6 Å². The normalized spacial score (nSPS) is 13.1. The maximum absolute atomic E-state index is 13.2. The van der Waals surface area contributed by atoms with Gasteiger partial charge in [0.25, 0.3) is 0 Å². The quantitative estimate of drug-likeness (QED) is 0.0827. The molecule has 2 N–H and O–H groups in total. The van der Waals surface area contributed by atoms with Crippen LogP contribution in [0.2, 0.25) is 0 Å². The smallest absolute Gasteiger partial charge is 0.413 e. The summed E-state index contributed by atoms with van der Waals surface area (Å²) < 4.78 is 8.03. The molecule has 1 fully saturated rings. The Morgan fingerprint density at radius 2 is 1.64 bits per heavy atom. The summed E-state index contributed by atoms with van der Waals surface area (Å²) >= 11 is 1.81. The van der Waals surface area contributed by atoms with E-state index in [4.69, 9.17) is 14.7 Å². The molecule has 0 aliphatic heterocycles. The first-order valence-electron chi connectivity index (χ1n) is 18.1. The van der Waals surface area contributed by atoms with Gasteiger partial charge in [0.05, 0.1) is 11.0 Å². The van der Waals surface area contributed by atoms with Gasteiger partial charge >= 0.3 is 6.09 Å². The lowest BCUT2D eigenvalue weighted by atomic mass is 9.99. The van der Waals surface area contributed by atoms with Gasteiger partial charge in [0.1, 0.15) is 17.9 Å². The van der Waals surface area contributed by atoms with Gasteiger partial charge in [-0.1, -0.05) is 107 Å². The van der Waals surface area contributed by atoms with E-state index in [9.17, 15) is 4.79 Å². The van der Waals surface area contributed by atoms with Crippen LogP contribution in [0.1, 0.15) is 75.4 Å². The van der Waals surface area contributed by atoms with Crippen molar-refractivity contribution in [3.8, 4) is 0 Å². The number of imidazole rings is 1. The van der Waals surface area contributed by atoms with Crippen molar-refractivity contribution in [1.82, 2.24) is 19.9 Å². The van der Waals surface area contributed by atoms with Gasteiger partial charge in [-0.25, -0.2) is 14.8 Å². The number of aryl methyl sites for hydroxylation is 1. The zero-order chi connectivity index (χ0) is 34.5. The van der Waals surface area contributed by atoms with Crippen LogP contribution in [0.3, 0.4) is 0 Å². The van der Waals surface area contributed by atoms with Gasteiger partial charge in [0.2, 0.25) is 0 Å². The molecule has 0 radical (unpaired) electrons. The van der Waals surface area contributed by atoms with Gasteiger partial charge in [-0.2, -0.15) is 0 Å². The zero-order valence-corrected chi connectivity index (χ0v) is 30.2. The molecule has 0 saturated heterocycles. The third kappa shape index (κ3) is 7.98. The first kappa shape index (κ1) is 34.1. The number of anilines is 1. The molecule has 1 amide bonds. The first-order chi connectivity index (χ1) is 24.5. The molecule has 6 aromatic rings. The highest BCUT2D eigenvalue weighted by Gasteiger charge is 2.22. The van der Waals surface area contributed by atoms with E-state index >= 15 is 0 Å². The minimum absolute atomic E-state index is 0.171. The van der Waals surface area contributed by atoms with Gasteiger partial charge in [-0.05, 0) is 71.0 Å². The molecule has 1 aliphatic rings. The fourth-order valence-electron chi connectivity index (χ4n) is 6.71. The second kappa shape index (κ2) is 15.7. The number of benzene rings is 4. The van der Waals surface area contributed by atoms with Crippen LogP contribution in [-0.2, 0) is 30.9 Å². The summed E-state index contributed by atoms with van der Waals surface area (Å²) in [6.45, 7) is 9.32. The fraction of sp³-hybridized carbons (Fsp3) is 0.357. The molecule has 258 valence electrons. The average molecular weight is 686 g/mol. The molecular weight excluding hydrogens is 639 g/mol. The molecule has 0 spiro atoms. The number of aromatic nitrogens is 3. The number of unbranched alkanes of at least 4 members (excludes halogenated alkanes) is 1. The highest BCUT2D eigenvalue weighted by molar-refractivity contribution is 7.99. The predicted molar refractivity (Wildman–Crippen MR) is 207 cm³/mol. The monoisotopic (exact) mass is 685 g/mol. The topological polar surface area (TPSA) is 81.1 Å². The van der Waals surface area contributed by atoms with Crippen LogP contribution in [0, 0.1) is 5.92 Å². The zero-order valence-electron chi connectivity index (χ0n) is 29.4. The number of carbonyl (C=O) groups is 1. The number of hydrogen-bond acceptors (Lipinski definition) is 6. The molecule has 50 heavy (non-hydrogen) atoms. The predicted octanol–water partition coefficient (Wildman–Crippen LogP) is 10.3. The lowest BCUT2D eigenvalue weighted by Crippen LogP contribution is -2.15. The summed E-state index contributed by atoms with van der Waals surface area (Å²) in [7, 11) is 0. The van der Waals surface area contributed by atoms with Gasteiger partial charge in [-0.15, -0.1) is 11.8 Å². The van der Waals surface area contributed by atoms with Crippen LogP contribution >= 0.6 is 11.8 Å². The van der Waals surface area contributed by atoms with Crippen molar-refractivity contribution in [3.05, 3.63) is 107 Å². The summed E-state index contributed by atoms with van der Waals surface area (Å²) in [6.07, 6.45) is 6.41. The summed E-state index contributed by atoms with van der Waals surface area (Å²) in [5, 5.41) is 10.7. The highest BCUT2D eigenvalue weighted by Crippen LogP contribution is 2.34. The Kier molecular flexibility index (Phi) is 10.7. The van der Waals surface area contributed by atoms with Crippen LogP contribution in [-0.4, -0.2) is 32.4 Å². The molecule has 2 aromatic heterocycles. The van der Waals surface area contributed by atoms with Crippen LogP contribution in [0.4, 0.5) is 10.6 Å². The Morgan fingerprint density at radius 3 is 2.38 bits per heavy atom. The largest absolute Gasteiger partial charge is 0.444 e. The lowest BCUT2D eigenvalue weighted by molar-refractivity contribution is 0.155. The van der Waals surface area contributed by atoms with Crippen molar-refractivity contribution >= 4 is 56.4 Å². The first-order valence-corrected chi connectivity index (χ1v) is 19.0. The molecule has 1 saturated carbocycles.